The van der Waals surface area contributed by atoms with Crippen LogP contribution in [-0.2, 0) is 0 Å². The van der Waals surface area contributed by atoms with Crippen molar-refractivity contribution in [1.82, 2.24) is 20.6 Å². The molecule has 0 aliphatic rings. The number of hydrogen-bond donors (Lipinski definition) is 2. The van der Waals surface area contributed by atoms with Gasteiger partial charge in [-0.1, -0.05) is 24.3 Å². The highest BCUT2D eigenvalue weighted by molar-refractivity contribution is 6.05. The van der Waals surface area contributed by atoms with Crippen LogP contribution in [-0.4, -0.2) is 34.9 Å². The fraction of sp³-hybridized carbons (Fsp3) is 0.158. The first-order valence-corrected chi connectivity index (χ1v) is 8.07. The van der Waals surface area contributed by atoms with Gasteiger partial charge in [0.1, 0.15) is 5.69 Å². The molecule has 6 nitrogen and oxygen atoms in total. The second kappa shape index (κ2) is 8.01. The Balaban J connectivity index is 1.47. The highest BCUT2D eigenvalue weighted by Crippen LogP contribution is 2.15. The molecule has 3 rings (SSSR count). The zero-order valence-electron chi connectivity index (χ0n) is 13.6. The first kappa shape index (κ1) is 16.6. The second-order valence-corrected chi connectivity index (χ2v) is 5.46. The average Bonchev–Trinajstić information content (AvgIpc) is 2.67. The van der Waals surface area contributed by atoms with Crippen LogP contribution in [0.4, 0.5) is 0 Å². The lowest BCUT2D eigenvalue weighted by molar-refractivity contribution is 0.0948. The molecule has 0 saturated carbocycles. The van der Waals surface area contributed by atoms with Crippen LogP contribution in [0.1, 0.15) is 27.3 Å². The van der Waals surface area contributed by atoms with Crippen molar-refractivity contribution in [2.75, 3.05) is 13.1 Å². The summed E-state index contributed by atoms with van der Waals surface area (Å²) in [5.74, 6) is -0.384. The van der Waals surface area contributed by atoms with E-state index in [-0.39, 0.29) is 11.8 Å². The fourth-order valence-corrected chi connectivity index (χ4v) is 2.46. The van der Waals surface area contributed by atoms with Crippen molar-refractivity contribution in [2.45, 2.75) is 6.42 Å². The summed E-state index contributed by atoms with van der Waals surface area (Å²) >= 11 is 0. The highest BCUT2D eigenvalue weighted by Gasteiger charge is 2.10. The molecule has 0 spiro atoms. The van der Waals surface area contributed by atoms with Crippen LogP contribution in [0, 0.1) is 0 Å². The molecule has 2 aromatic heterocycles. The molecule has 126 valence electrons. The molecule has 0 saturated heterocycles. The Kier molecular flexibility index (Phi) is 5.31. The largest absolute Gasteiger partial charge is 0.352 e. The number of carbonyl (C=O) groups is 2. The van der Waals surface area contributed by atoms with E-state index < -0.39 is 0 Å². The van der Waals surface area contributed by atoms with E-state index in [4.69, 9.17) is 0 Å². The second-order valence-electron chi connectivity index (χ2n) is 5.46. The van der Waals surface area contributed by atoms with Crippen molar-refractivity contribution in [3.63, 3.8) is 0 Å². The fourth-order valence-electron chi connectivity index (χ4n) is 2.46. The number of nitrogens with zero attached hydrogens (tertiary/aromatic N) is 2. The van der Waals surface area contributed by atoms with Gasteiger partial charge in [-0.05, 0) is 30.7 Å². The summed E-state index contributed by atoms with van der Waals surface area (Å²) in [7, 11) is 0. The molecule has 0 radical (unpaired) electrons. The van der Waals surface area contributed by atoms with E-state index in [1.165, 1.54) is 0 Å². The van der Waals surface area contributed by atoms with Crippen molar-refractivity contribution in [3.05, 3.63) is 72.2 Å². The van der Waals surface area contributed by atoms with Gasteiger partial charge >= 0.3 is 0 Å². The topological polar surface area (TPSA) is 84.0 Å². The van der Waals surface area contributed by atoms with Crippen molar-refractivity contribution >= 4 is 22.7 Å². The lowest BCUT2D eigenvalue weighted by atomic mass is 10.1. The molecule has 3 aromatic rings. The van der Waals surface area contributed by atoms with Gasteiger partial charge in [0.25, 0.3) is 11.8 Å². The lowest BCUT2D eigenvalue weighted by Crippen LogP contribution is -2.30. The summed E-state index contributed by atoms with van der Waals surface area (Å²) < 4.78 is 0. The number of para-hydroxylation sites is 1. The zero-order chi connectivity index (χ0) is 17.5. The molecule has 1 aromatic carbocycles. The van der Waals surface area contributed by atoms with Crippen molar-refractivity contribution in [2.24, 2.45) is 0 Å². The summed E-state index contributed by atoms with van der Waals surface area (Å²) in [6.45, 7) is 0.925. The molecule has 0 aliphatic carbocycles. The number of rotatable bonds is 6. The molecule has 25 heavy (non-hydrogen) atoms. The van der Waals surface area contributed by atoms with Gasteiger partial charge in [-0.3, -0.25) is 19.6 Å². The van der Waals surface area contributed by atoms with Gasteiger partial charge in [-0.15, -0.1) is 0 Å². The van der Waals surface area contributed by atoms with E-state index in [2.05, 4.69) is 20.6 Å². The highest BCUT2D eigenvalue weighted by atomic mass is 16.2. The third-order valence-electron chi connectivity index (χ3n) is 3.70. The third kappa shape index (κ3) is 4.17. The number of nitrogens with one attached hydrogen (secondary N) is 2. The predicted molar refractivity (Wildman–Crippen MR) is 95.3 cm³/mol. The molecule has 0 aliphatic heterocycles. The summed E-state index contributed by atoms with van der Waals surface area (Å²) in [5.41, 5.74) is 1.62. The molecule has 0 fully saturated rings. The Morgan fingerprint density at radius 2 is 1.56 bits per heavy atom. The molecule has 0 atom stereocenters. The monoisotopic (exact) mass is 334 g/mol. The maximum atomic E-state index is 12.3. The van der Waals surface area contributed by atoms with Crippen LogP contribution >= 0.6 is 0 Å². The Hall–Kier alpha value is -3.28. The van der Waals surface area contributed by atoms with E-state index in [1.807, 2.05) is 24.3 Å². The van der Waals surface area contributed by atoms with Gasteiger partial charge in [0, 0.05) is 30.9 Å². The van der Waals surface area contributed by atoms with E-state index in [1.54, 1.807) is 36.7 Å². The number of pyridine rings is 2. The van der Waals surface area contributed by atoms with Crippen LogP contribution in [0.5, 0.6) is 0 Å². The lowest BCUT2D eigenvalue weighted by Gasteiger charge is -2.08. The zero-order valence-corrected chi connectivity index (χ0v) is 13.6. The molecule has 6 heteroatoms. The van der Waals surface area contributed by atoms with Crippen LogP contribution in [0.15, 0.2) is 60.9 Å². The third-order valence-corrected chi connectivity index (χ3v) is 3.70. The quantitative estimate of drug-likeness (QED) is 0.677. The maximum Gasteiger partial charge on any atom is 0.269 e. The Labute approximate surface area is 145 Å². The van der Waals surface area contributed by atoms with Crippen molar-refractivity contribution in [3.8, 4) is 0 Å². The van der Waals surface area contributed by atoms with Gasteiger partial charge in [0.15, 0.2) is 0 Å². The standard InChI is InChI=1S/C19H18N4O2/c24-18(15-8-3-6-14-7-4-11-21-17(14)15)22-12-5-13-23-19(25)16-9-1-2-10-20-16/h1-4,6-11H,5,12-13H2,(H,22,24)(H,23,25). The summed E-state index contributed by atoms with van der Waals surface area (Å²) in [6, 6.07) is 14.5. The molecule has 2 N–H and O–H groups in total. The summed E-state index contributed by atoms with van der Waals surface area (Å²) in [5, 5.41) is 6.56. The van der Waals surface area contributed by atoms with Gasteiger partial charge in [-0.25, -0.2) is 0 Å². The van der Waals surface area contributed by atoms with Crippen LogP contribution in [0.25, 0.3) is 10.9 Å². The minimum Gasteiger partial charge on any atom is -0.352 e. The summed E-state index contributed by atoms with van der Waals surface area (Å²) in [4.78, 5) is 32.4. The van der Waals surface area contributed by atoms with Crippen LogP contribution < -0.4 is 10.6 Å². The SMILES string of the molecule is O=C(NCCCNC(=O)c1cccc2cccnc12)c1ccccn1. The minimum absolute atomic E-state index is 0.166. The Bertz CT molecular complexity index is 875. The molecule has 2 heterocycles. The molecular formula is C19H18N4O2. The first-order chi connectivity index (χ1) is 12.3. The first-order valence-electron chi connectivity index (χ1n) is 8.07. The van der Waals surface area contributed by atoms with Crippen LogP contribution in [0.3, 0.4) is 0 Å². The average molecular weight is 334 g/mol. The Morgan fingerprint density at radius 3 is 2.36 bits per heavy atom. The van der Waals surface area contributed by atoms with E-state index in [9.17, 15) is 9.59 Å². The van der Waals surface area contributed by atoms with E-state index in [0.717, 1.165) is 5.39 Å². The number of hydrogen-bond acceptors (Lipinski definition) is 4. The molecule has 2 amide bonds. The molecule has 0 bridgehead atoms. The minimum atomic E-state index is -0.217. The van der Waals surface area contributed by atoms with Gasteiger partial charge in [-0.2, -0.15) is 0 Å². The number of aromatic nitrogens is 2. The smallest absolute Gasteiger partial charge is 0.269 e. The van der Waals surface area contributed by atoms with Gasteiger partial charge in [0.2, 0.25) is 0 Å². The molecule has 0 unspecified atom stereocenters. The predicted octanol–water partition coefficient (Wildman–Crippen LogP) is 2.18. The number of amides is 2. The number of benzene rings is 1. The van der Waals surface area contributed by atoms with E-state index >= 15 is 0 Å². The maximum absolute atomic E-state index is 12.3. The van der Waals surface area contributed by atoms with E-state index in [0.29, 0.717) is 36.3 Å². The summed E-state index contributed by atoms with van der Waals surface area (Å²) in [6.07, 6.45) is 3.88. The Morgan fingerprint density at radius 1 is 0.800 bits per heavy atom. The molecular weight excluding hydrogens is 316 g/mol. The van der Waals surface area contributed by atoms with Crippen LogP contribution in [0.2, 0.25) is 0 Å². The normalized spacial score (nSPS) is 10.4. The van der Waals surface area contributed by atoms with Gasteiger partial charge < -0.3 is 10.6 Å². The van der Waals surface area contributed by atoms with Crippen molar-refractivity contribution < 1.29 is 9.59 Å². The number of fused-ring (bicyclic) bond motifs is 1. The van der Waals surface area contributed by atoms with Crippen molar-refractivity contribution in [1.29, 1.82) is 0 Å². The van der Waals surface area contributed by atoms with Gasteiger partial charge in [0.05, 0.1) is 11.1 Å². The number of carbonyl (C=O) groups excluding carboxylic acids is 2.